The number of nitrogens with zero attached hydrogens (tertiary/aromatic N) is 1. The summed E-state index contributed by atoms with van der Waals surface area (Å²) in [6, 6.07) is 12.2. The van der Waals surface area contributed by atoms with Crippen LogP contribution >= 0.6 is 11.6 Å². The summed E-state index contributed by atoms with van der Waals surface area (Å²) in [5.74, 6) is -0.0883. The Morgan fingerprint density at radius 3 is 2.74 bits per heavy atom. The molecular weight excluding hydrogens is 458 g/mol. The SMILES string of the molecule is CC(=O)Nc1ccc2c(c1)C(=O)N(C)[C@H]1CC[C@H](CC(=O)NCc3ccccc3Cl)O[C@@H]1CO2. The number of hydrogen-bond donors (Lipinski definition) is 2. The molecule has 3 atom stereocenters. The number of carbonyl (C=O) groups excluding carboxylic acids is 3. The number of nitrogens with one attached hydrogen (secondary N) is 2. The molecule has 0 aromatic heterocycles. The zero-order valence-corrected chi connectivity index (χ0v) is 19.9. The molecule has 3 amide bonds. The predicted molar refractivity (Wildman–Crippen MR) is 128 cm³/mol. The van der Waals surface area contributed by atoms with Crippen molar-refractivity contribution in [2.45, 2.75) is 51.0 Å². The minimum Gasteiger partial charge on any atom is -0.490 e. The number of halogens is 1. The highest BCUT2D eigenvalue weighted by Gasteiger charge is 2.39. The van der Waals surface area contributed by atoms with Crippen LogP contribution in [0, 0.1) is 0 Å². The van der Waals surface area contributed by atoms with Crippen molar-refractivity contribution in [3.8, 4) is 5.75 Å². The molecule has 0 saturated carbocycles. The number of hydrogen-bond acceptors (Lipinski definition) is 5. The van der Waals surface area contributed by atoms with Crippen LogP contribution in [0.3, 0.4) is 0 Å². The Morgan fingerprint density at radius 1 is 1.18 bits per heavy atom. The summed E-state index contributed by atoms with van der Waals surface area (Å²) >= 11 is 6.16. The van der Waals surface area contributed by atoms with Gasteiger partial charge in [0.15, 0.2) is 0 Å². The second-order valence-corrected chi connectivity index (χ2v) is 9.04. The minimum atomic E-state index is -0.354. The molecule has 2 heterocycles. The molecule has 2 aliphatic heterocycles. The molecule has 9 heteroatoms. The van der Waals surface area contributed by atoms with Crippen LogP contribution in [0.4, 0.5) is 5.69 Å². The van der Waals surface area contributed by atoms with Crippen LogP contribution in [0.5, 0.6) is 5.75 Å². The van der Waals surface area contributed by atoms with Crippen molar-refractivity contribution >= 4 is 35.0 Å². The topological polar surface area (TPSA) is 97.0 Å². The molecule has 4 rings (SSSR count). The number of amides is 3. The molecule has 0 radical (unpaired) electrons. The van der Waals surface area contributed by atoms with Crippen molar-refractivity contribution in [1.82, 2.24) is 10.2 Å². The first-order valence-electron chi connectivity index (χ1n) is 11.3. The van der Waals surface area contributed by atoms with Gasteiger partial charge in [-0.3, -0.25) is 14.4 Å². The molecule has 34 heavy (non-hydrogen) atoms. The molecule has 1 fully saturated rings. The number of carbonyl (C=O) groups is 3. The van der Waals surface area contributed by atoms with Crippen molar-refractivity contribution in [3.63, 3.8) is 0 Å². The second-order valence-electron chi connectivity index (χ2n) is 8.63. The normalized spacial score (nSPS) is 21.9. The Labute approximate surface area is 203 Å². The quantitative estimate of drug-likeness (QED) is 0.676. The third-order valence-electron chi connectivity index (χ3n) is 6.18. The summed E-state index contributed by atoms with van der Waals surface area (Å²) in [6.45, 7) is 2.03. The number of anilines is 1. The zero-order valence-electron chi connectivity index (χ0n) is 19.2. The van der Waals surface area contributed by atoms with E-state index in [9.17, 15) is 14.4 Å². The molecule has 8 nitrogen and oxygen atoms in total. The highest BCUT2D eigenvalue weighted by atomic mass is 35.5. The van der Waals surface area contributed by atoms with Gasteiger partial charge in [0.1, 0.15) is 18.5 Å². The maximum absolute atomic E-state index is 13.2. The van der Waals surface area contributed by atoms with Crippen LogP contribution in [-0.4, -0.2) is 54.5 Å². The fourth-order valence-corrected chi connectivity index (χ4v) is 4.63. The van der Waals surface area contributed by atoms with Crippen LogP contribution in [0.25, 0.3) is 0 Å². The molecule has 2 aliphatic rings. The van der Waals surface area contributed by atoms with Gasteiger partial charge in [-0.05, 0) is 42.7 Å². The summed E-state index contributed by atoms with van der Waals surface area (Å²) in [7, 11) is 1.75. The Bertz CT molecular complexity index is 1090. The molecule has 2 aromatic carbocycles. The van der Waals surface area contributed by atoms with Crippen molar-refractivity contribution < 1.29 is 23.9 Å². The molecule has 0 spiro atoms. The largest absolute Gasteiger partial charge is 0.490 e. The van der Waals surface area contributed by atoms with E-state index in [0.717, 1.165) is 5.56 Å². The summed E-state index contributed by atoms with van der Waals surface area (Å²) in [6.07, 6.45) is 0.950. The first-order chi connectivity index (χ1) is 16.3. The molecular formula is C25H28ClN3O5. The Balaban J connectivity index is 1.39. The summed E-state index contributed by atoms with van der Waals surface area (Å²) < 4.78 is 12.2. The van der Waals surface area contributed by atoms with Crippen molar-refractivity contribution in [1.29, 1.82) is 0 Å². The molecule has 0 aliphatic carbocycles. The van der Waals surface area contributed by atoms with Gasteiger partial charge in [0.2, 0.25) is 11.8 Å². The molecule has 2 N–H and O–H groups in total. The maximum atomic E-state index is 13.2. The van der Waals surface area contributed by atoms with E-state index in [4.69, 9.17) is 21.1 Å². The van der Waals surface area contributed by atoms with E-state index >= 15 is 0 Å². The predicted octanol–water partition coefficient (Wildman–Crippen LogP) is 3.39. The van der Waals surface area contributed by atoms with E-state index in [1.54, 1.807) is 36.2 Å². The van der Waals surface area contributed by atoms with E-state index in [0.29, 0.717) is 41.4 Å². The molecule has 2 aromatic rings. The van der Waals surface area contributed by atoms with Gasteiger partial charge in [-0.2, -0.15) is 0 Å². The van der Waals surface area contributed by atoms with E-state index < -0.39 is 0 Å². The highest BCUT2D eigenvalue weighted by Crippen LogP contribution is 2.32. The Morgan fingerprint density at radius 2 is 1.97 bits per heavy atom. The molecule has 1 saturated heterocycles. The van der Waals surface area contributed by atoms with Crippen LogP contribution in [0.1, 0.15) is 42.1 Å². The van der Waals surface area contributed by atoms with Gasteiger partial charge in [0.25, 0.3) is 5.91 Å². The fraction of sp³-hybridized carbons (Fsp3) is 0.400. The lowest BCUT2D eigenvalue weighted by Gasteiger charge is -2.42. The average Bonchev–Trinajstić information content (AvgIpc) is 2.81. The summed E-state index contributed by atoms with van der Waals surface area (Å²) in [5, 5.41) is 6.21. The minimum absolute atomic E-state index is 0.115. The van der Waals surface area contributed by atoms with E-state index in [1.807, 2.05) is 18.2 Å². The van der Waals surface area contributed by atoms with E-state index in [2.05, 4.69) is 10.6 Å². The lowest BCUT2D eigenvalue weighted by Crippen LogP contribution is -2.53. The fourth-order valence-electron chi connectivity index (χ4n) is 4.42. The lowest BCUT2D eigenvalue weighted by atomic mass is 9.94. The number of rotatable bonds is 5. The van der Waals surface area contributed by atoms with Crippen molar-refractivity contribution in [3.05, 3.63) is 58.6 Å². The van der Waals surface area contributed by atoms with Gasteiger partial charge in [0, 0.05) is 31.2 Å². The third kappa shape index (κ3) is 5.51. The molecule has 0 bridgehead atoms. The monoisotopic (exact) mass is 485 g/mol. The number of fused-ring (bicyclic) bond motifs is 2. The number of likely N-dealkylation sites (N-methyl/N-ethyl adjacent to an activating group) is 1. The van der Waals surface area contributed by atoms with Crippen LogP contribution in [0.2, 0.25) is 5.02 Å². The lowest BCUT2D eigenvalue weighted by molar-refractivity contribution is -0.134. The average molecular weight is 486 g/mol. The smallest absolute Gasteiger partial charge is 0.257 e. The van der Waals surface area contributed by atoms with Crippen molar-refractivity contribution in [2.24, 2.45) is 0 Å². The highest BCUT2D eigenvalue weighted by molar-refractivity contribution is 6.31. The van der Waals surface area contributed by atoms with Gasteiger partial charge in [-0.25, -0.2) is 0 Å². The van der Waals surface area contributed by atoms with Crippen LogP contribution < -0.4 is 15.4 Å². The van der Waals surface area contributed by atoms with Gasteiger partial charge >= 0.3 is 0 Å². The third-order valence-corrected chi connectivity index (χ3v) is 6.55. The number of benzene rings is 2. The van der Waals surface area contributed by atoms with E-state index in [-0.39, 0.29) is 49.0 Å². The van der Waals surface area contributed by atoms with Gasteiger partial charge in [-0.15, -0.1) is 0 Å². The molecule has 0 unspecified atom stereocenters. The summed E-state index contributed by atoms with van der Waals surface area (Å²) in [5.41, 5.74) is 1.79. The number of ether oxygens (including phenoxy) is 2. The van der Waals surface area contributed by atoms with Gasteiger partial charge < -0.3 is 25.0 Å². The molecule has 180 valence electrons. The zero-order chi connectivity index (χ0) is 24.2. The first-order valence-corrected chi connectivity index (χ1v) is 11.7. The van der Waals surface area contributed by atoms with E-state index in [1.165, 1.54) is 6.92 Å². The van der Waals surface area contributed by atoms with Gasteiger partial charge in [0.05, 0.1) is 24.1 Å². The Kier molecular flexibility index (Phi) is 7.38. The standard InChI is InChI=1S/C25H28ClN3O5/c1-15(30)28-17-7-10-22-19(11-17)25(32)29(2)21-9-8-18(34-23(21)14-33-22)12-24(31)27-13-16-5-3-4-6-20(16)26/h3-7,10-11,18,21,23H,8-9,12-14H2,1-2H3,(H,27,31)(H,28,30)/t18-,21+,23-/m1/s1. The summed E-state index contributed by atoms with van der Waals surface area (Å²) in [4.78, 5) is 38.8. The van der Waals surface area contributed by atoms with Gasteiger partial charge in [-0.1, -0.05) is 29.8 Å². The van der Waals surface area contributed by atoms with Crippen LogP contribution in [0.15, 0.2) is 42.5 Å². The van der Waals surface area contributed by atoms with Crippen molar-refractivity contribution in [2.75, 3.05) is 19.0 Å². The second kappa shape index (κ2) is 10.4. The first kappa shape index (κ1) is 24.0. The maximum Gasteiger partial charge on any atom is 0.257 e. The van der Waals surface area contributed by atoms with Crippen LogP contribution in [-0.2, 0) is 20.9 Å². The Hall–Kier alpha value is -3.10.